The number of carbonyl (C=O) groups is 4. The third-order valence-electron chi connectivity index (χ3n) is 7.41. The van der Waals surface area contributed by atoms with Crippen LogP contribution in [0.15, 0.2) is 23.1 Å². The molecule has 0 aromatic heterocycles. The maximum atomic E-state index is 13.3. The van der Waals surface area contributed by atoms with Crippen molar-refractivity contribution in [2.75, 3.05) is 33.3 Å². The number of likely N-dealkylation sites (tertiary alicyclic amines) is 1. The van der Waals surface area contributed by atoms with Gasteiger partial charge in [-0.05, 0) is 77.0 Å². The molecule has 0 radical (unpaired) electrons. The van der Waals surface area contributed by atoms with E-state index in [1.165, 1.54) is 25.3 Å². The van der Waals surface area contributed by atoms with Gasteiger partial charge in [0.15, 0.2) is 0 Å². The number of halogens is 2. The molecular weight excluding hydrogens is 621 g/mol. The highest BCUT2D eigenvalue weighted by atomic mass is 35.5. The van der Waals surface area contributed by atoms with Crippen molar-refractivity contribution < 1.29 is 32.3 Å². The zero-order valence-corrected chi connectivity index (χ0v) is 27.3. The minimum atomic E-state index is -4.10. The first kappa shape index (κ1) is 34.9. The van der Waals surface area contributed by atoms with Gasteiger partial charge in [-0.1, -0.05) is 23.2 Å². The lowest BCUT2D eigenvalue weighted by molar-refractivity contribution is -0.146. The summed E-state index contributed by atoms with van der Waals surface area (Å²) in [6, 6.07) is 1.53. The Morgan fingerprint density at radius 1 is 1.02 bits per heavy atom. The van der Waals surface area contributed by atoms with Crippen LogP contribution in [0.4, 0.5) is 4.79 Å². The van der Waals surface area contributed by atoms with Crippen molar-refractivity contribution in [2.45, 2.75) is 81.8 Å². The molecule has 3 rings (SSSR count). The number of nitrogens with one attached hydrogen (secondary N) is 3. The summed E-state index contributed by atoms with van der Waals surface area (Å²) in [4.78, 5) is 52.3. The maximum Gasteiger partial charge on any atom is 0.328 e. The summed E-state index contributed by atoms with van der Waals surface area (Å²) in [7, 11) is -2.92. The topological polar surface area (TPSA) is 154 Å². The zero-order valence-electron chi connectivity index (χ0n) is 25.0. The van der Waals surface area contributed by atoms with Crippen LogP contribution < -0.4 is 16.0 Å². The van der Waals surface area contributed by atoms with Gasteiger partial charge in [-0.2, -0.15) is 4.31 Å². The number of amides is 4. The van der Waals surface area contributed by atoms with Gasteiger partial charge in [0, 0.05) is 48.2 Å². The Balaban J connectivity index is 1.54. The zero-order chi connectivity index (χ0) is 31.9. The highest BCUT2D eigenvalue weighted by molar-refractivity contribution is 7.89. The minimum absolute atomic E-state index is 0.00488. The van der Waals surface area contributed by atoms with E-state index in [9.17, 15) is 27.6 Å². The molecule has 2 aliphatic rings. The summed E-state index contributed by atoms with van der Waals surface area (Å²) >= 11 is 12.0. The van der Waals surface area contributed by atoms with Crippen LogP contribution in [-0.4, -0.2) is 92.3 Å². The molecule has 2 fully saturated rings. The van der Waals surface area contributed by atoms with Crippen molar-refractivity contribution in [1.29, 1.82) is 0 Å². The smallest absolute Gasteiger partial charge is 0.328 e. The fourth-order valence-electron chi connectivity index (χ4n) is 5.20. The van der Waals surface area contributed by atoms with Crippen LogP contribution in [0.3, 0.4) is 0 Å². The molecule has 0 unspecified atom stereocenters. The van der Waals surface area contributed by atoms with Crippen LogP contribution in [0.5, 0.6) is 0 Å². The molecule has 15 heteroatoms. The Bertz CT molecular complexity index is 1280. The van der Waals surface area contributed by atoms with E-state index in [1.807, 2.05) is 20.8 Å². The van der Waals surface area contributed by atoms with Gasteiger partial charge in [0.2, 0.25) is 21.8 Å². The van der Waals surface area contributed by atoms with Gasteiger partial charge in [0.25, 0.3) is 0 Å². The van der Waals surface area contributed by atoms with E-state index in [1.54, 1.807) is 4.90 Å². The van der Waals surface area contributed by atoms with Gasteiger partial charge in [-0.15, -0.1) is 0 Å². The van der Waals surface area contributed by atoms with Crippen molar-refractivity contribution in [3.8, 4) is 0 Å². The lowest BCUT2D eigenvalue weighted by atomic mass is 9.96. The molecule has 1 aromatic carbocycles. The molecule has 0 saturated carbocycles. The van der Waals surface area contributed by atoms with Crippen LogP contribution in [-0.2, 0) is 29.1 Å². The lowest BCUT2D eigenvalue weighted by Gasteiger charge is -2.32. The third-order valence-corrected chi connectivity index (χ3v) is 9.73. The van der Waals surface area contributed by atoms with E-state index in [2.05, 4.69) is 16.0 Å². The number of hydrogen-bond donors (Lipinski definition) is 3. The predicted molar refractivity (Wildman–Crippen MR) is 162 cm³/mol. The fraction of sp³-hybridized carbons (Fsp3) is 0.643. The van der Waals surface area contributed by atoms with Gasteiger partial charge < -0.3 is 25.6 Å². The van der Waals surface area contributed by atoms with Crippen LogP contribution in [0, 0.1) is 5.92 Å². The van der Waals surface area contributed by atoms with Crippen molar-refractivity contribution in [1.82, 2.24) is 25.2 Å². The molecule has 2 aliphatic heterocycles. The Hall–Kier alpha value is -2.61. The van der Waals surface area contributed by atoms with Gasteiger partial charge in [-0.25, -0.2) is 18.0 Å². The second-order valence-corrected chi connectivity index (χ2v) is 14.7. The summed E-state index contributed by atoms with van der Waals surface area (Å²) in [6.07, 6.45) is 2.14. The number of benzene rings is 1. The third kappa shape index (κ3) is 9.95. The summed E-state index contributed by atoms with van der Waals surface area (Å²) in [5, 5.41) is 8.63. The van der Waals surface area contributed by atoms with E-state index in [-0.39, 0.29) is 64.1 Å². The largest absolute Gasteiger partial charge is 0.467 e. The number of urea groups is 1. The summed E-state index contributed by atoms with van der Waals surface area (Å²) in [6.45, 7) is 7.37. The van der Waals surface area contributed by atoms with Crippen molar-refractivity contribution in [3.63, 3.8) is 0 Å². The molecule has 2 heterocycles. The normalized spacial score (nSPS) is 19.0. The number of rotatable bonds is 10. The average Bonchev–Trinajstić information content (AvgIpc) is 3.43. The van der Waals surface area contributed by atoms with Crippen LogP contribution in [0.2, 0.25) is 10.0 Å². The van der Waals surface area contributed by atoms with Gasteiger partial charge in [0.1, 0.15) is 12.1 Å². The molecule has 2 saturated heterocycles. The van der Waals surface area contributed by atoms with E-state index in [4.69, 9.17) is 27.9 Å². The van der Waals surface area contributed by atoms with E-state index < -0.39 is 34.0 Å². The van der Waals surface area contributed by atoms with Crippen LogP contribution >= 0.6 is 23.2 Å². The quantitative estimate of drug-likeness (QED) is 0.326. The van der Waals surface area contributed by atoms with Crippen LogP contribution in [0.1, 0.15) is 59.3 Å². The second-order valence-electron chi connectivity index (χ2n) is 11.9. The highest BCUT2D eigenvalue weighted by Crippen LogP contribution is 2.30. The summed E-state index contributed by atoms with van der Waals surface area (Å²) < 4.78 is 32.6. The number of sulfonamides is 1. The number of esters is 1. The van der Waals surface area contributed by atoms with Gasteiger partial charge >= 0.3 is 12.0 Å². The molecule has 0 spiro atoms. The number of methoxy groups -OCH3 is 1. The van der Waals surface area contributed by atoms with E-state index in [0.717, 1.165) is 17.1 Å². The molecule has 43 heavy (non-hydrogen) atoms. The first-order valence-electron chi connectivity index (χ1n) is 14.3. The Morgan fingerprint density at radius 2 is 1.65 bits per heavy atom. The van der Waals surface area contributed by atoms with Gasteiger partial charge in [-0.3, -0.25) is 9.59 Å². The Kier molecular flexibility index (Phi) is 12.1. The standard InChI is InChI=1S/C28H41Cl2N5O7S/c1-28(2,3)33-27(39)31-17-18-9-12-34(13-10-18)24(36)8-7-22(26(38)42-4)32-25(37)23-6-5-11-35(23)43(40,41)21-15-19(29)14-20(30)16-21/h14-16,18,22-23H,5-13,17H2,1-4H3,(H,32,37)(H2,31,33,39)/t22-,23-/m0/s1. The average molecular weight is 663 g/mol. The molecule has 0 bridgehead atoms. The summed E-state index contributed by atoms with van der Waals surface area (Å²) in [5.74, 6) is -1.30. The number of hydrogen-bond acceptors (Lipinski definition) is 7. The van der Waals surface area contributed by atoms with Crippen molar-refractivity contribution in [2.24, 2.45) is 5.92 Å². The number of nitrogens with zero attached hydrogens (tertiary/aromatic N) is 2. The minimum Gasteiger partial charge on any atom is -0.467 e. The number of piperidine rings is 1. The lowest BCUT2D eigenvalue weighted by Crippen LogP contribution is -2.51. The Morgan fingerprint density at radius 3 is 2.23 bits per heavy atom. The van der Waals surface area contributed by atoms with E-state index in [0.29, 0.717) is 26.1 Å². The fourth-order valence-corrected chi connectivity index (χ4v) is 7.58. The second kappa shape index (κ2) is 14.9. The van der Waals surface area contributed by atoms with E-state index >= 15 is 0 Å². The number of carbonyl (C=O) groups excluding carboxylic acids is 4. The molecule has 240 valence electrons. The molecule has 12 nitrogen and oxygen atoms in total. The molecular formula is C28H41Cl2N5O7S. The Labute approximate surface area is 263 Å². The highest BCUT2D eigenvalue weighted by Gasteiger charge is 2.41. The van der Waals surface area contributed by atoms with Crippen molar-refractivity contribution in [3.05, 3.63) is 28.2 Å². The van der Waals surface area contributed by atoms with Gasteiger partial charge in [0.05, 0.1) is 12.0 Å². The molecule has 2 atom stereocenters. The molecule has 4 amide bonds. The molecule has 0 aliphatic carbocycles. The predicted octanol–water partition coefficient (Wildman–Crippen LogP) is 2.92. The van der Waals surface area contributed by atoms with Crippen LogP contribution in [0.25, 0.3) is 0 Å². The van der Waals surface area contributed by atoms with Crippen molar-refractivity contribution >= 4 is 57.0 Å². The molecule has 1 aromatic rings. The summed E-state index contributed by atoms with van der Waals surface area (Å²) in [5.41, 5.74) is -0.332. The first-order valence-corrected chi connectivity index (χ1v) is 16.5. The first-order chi connectivity index (χ1) is 20.1. The SMILES string of the molecule is COC(=O)[C@H](CCC(=O)N1CCC(CNC(=O)NC(C)(C)C)CC1)NC(=O)[C@@H]1CCCN1S(=O)(=O)c1cc(Cl)cc(Cl)c1. The monoisotopic (exact) mass is 661 g/mol. The molecule has 3 N–H and O–H groups in total. The number of ether oxygens (including phenoxy) is 1. The maximum absolute atomic E-state index is 13.3.